The van der Waals surface area contributed by atoms with E-state index in [1.807, 2.05) is 37.9 Å². The van der Waals surface area contributed by atoms with Crippen LogP contribution in [-0.2, 0) is 4.79 Å². The number of carbonyl (C=O) groups is 1. The molecule has 1 saturated carbocycles. The largest absolute Gasteiger partial charge is 0.350 e. The van der Waals surface area contributed by atoms with E-state index in [1.54, 1.807) is 6.33 Å². The van der Waals surface area contributed by atoms with Gasteiger partial charge in [0.25, 0.3) is 0 Å². The van der Waals surface area contributed by atoms with E-state index >= 15 is 0 Å². The smallest absolute Gasteiger partial charge is 0.227 e. The summed E-state index contributed by atoms with van der Waals surface area (Å²) in [6.45, 7) is 7.71. The van der Waals surface area contributed by atoms with Crippen molar-refractivity contribution >= 4 is 11.7 Å². The van der Waals surface area contributed by atoms with Gasteiger partial charge in [-0.1, -0.05) is 20.8 Å². The maximum Gasteiger partial charge on any atom is 0.227 e. The third-order valence-corrected chi connectivity index (χ3v) is 4.56. The van der Waals surface area contributed by atoms with E-state index in [-0.39, 0.29) is 11.3 Å². The molecule has 1 amide bonds. The minimum absolute atomic E-state index is 0.269. The summed E-state index contributed by atoms with van der Waals surface area (Å²) in [7, 11) is 0. The second-order valence-electron chi connectivity index (χ2n) is 7.48. The molecule has 1 saturated heterocycles. The number of anilines is 1. The Morgan fingerprint density at radius 3 is 2.32 bits per heavy atom. The molecule has 0 unspecified atom stereocenters. The van der Waals surface area contributed by atoms with E-state index in [4.69, 9.17) is 0 Å². The molecule has 1 aromatic heterocycles. The van der Waals surface area contributed by atoms with Gasteiger partial charge in [0.2, 0.25) is 5.91 Å². The number of likely N-dealkylation sites (tertiary alicyclic amines) is 1. The molecule has 0 spiro atoms. The zero-order valence-electron chi connectivity index (χ0n) is 13.8. The van der Waals surface area contributed by atoms with Gasteiger partial charge in [-0.2, -0.15) is 0 Å². The predicted octanol–water partition coefficient (Wildman–Crippen LogP) is 2.48. The van der Waals surface area contributed by atoms with Gasteiger partial charge in [0.1, 0.15) is 12.1 Å². The van der Waals surface area contributed by atoms with Crippen LogP contribution in [0.15, 0.2) is 18.6 Å². The summed E-state index contributed by atoms with van der Waals surface area (Å²) in [4.78, 5) is 25.4. The van der Waals surface area contributed by atoms with Gasteiger partial charge < -0.3 is 9.80 Å². The van der Waals surface area contributed by atoms with Gasteiger partial charge in [0.05, 0.1) is 0 Å². The van der Waals surface area contributed by atoms with Crippen LogP contribution in [-0.4, -0.2) is 45.9 Å². The van der Waals surface area contributed by atoms with Gasteiger partial charge in [0, 0.05) is 36.8 Å². The molecule has 120 valence electrons. The zero-order chi connectivity index (χ0) is 15.7. The SMILES string of the molecule is CC(C)(C)C(=O)N1CCC(N(c2ccncn2)C2CC2)CC1. The molecule has 0 aromatic carbocycles. The number of carbonyl (C=O) groups excluding carboxylic acids is 1. The van der Waals surface area contributed by atoms with E-state index in [1.165, 1.54) is 12.8 Å². The number of amides is 1. The zero-order valence-corrected chi connectivity index (χ0v) is 13.8. The second-order valence-corrected chi connectivity index (χ2v) is 7.48. The molecule has 0 bridgehead atoms. The molecule has 1 aliphatic heterocycles. The van der Waals surface area contributed by atoms with Crippen molar-refractivity contribution in [2.45, 2.75) is 58.5 Å². The minimum Gasteiger partial charge on any atom is -0.350 e. The molecule has 22 heavy (non-hydrogen) atoms. The number of piperidine rings is 1. The van der Waals surface area contributed by atoms with E-state index < -0.39 is 0 Å². The lowest BCUT2D eigenvalue weighted by atomic mass is 9.92. The molecule has 1 aromatic rings. The average molecular weight is 302 g/mol. The van der Waals surface area contributed by atoms with E-state index in [2.05, 4.69) is 14.9 Å². The van der Waals surface area contributed by atoms with Crippen molar-refractivity contribution in [2.75, 3.05) is 18.0 Å². The first-order valence-electron chi connectivity index (χ1n) is 8.30. The number of rotatable bonds is 3. The van der Waals surface area contributed by atoms with Crippen LogP contribution in [0.5, 0.6) is 0 Å². The Bertz CT molecular complexity index is 513. The Balaban J connectivity index is 1.66. The first-order valence-corrected chi connectivity index (χ1v) is 8.30. The highest BCUT2D eigenvalue weighted by Crippen LogP contribution is 2.35. The highest BCUT2D eigenvalue weighted by Gasteiger charge is 2.38. The first kappa shape index (κ1) is 15.3. The van der Waals surface area contributed by atoms with Crippen molar-refractivity contribution in [3.63, 3.8) is 0 Å². The third kappa shape index (κ3) is 3.23. The van der Waals surface area contributed by atoms with Crippen LogP contribution in [0.3, 0.4) is 0 Å². The fraction of sp³-hybridized carbons (Fsp3) is 0.706. The monoisotopic (exact) mass is 302 g/mol. The van der Waals surface area contributed by atoms with Crippen LogP contribution in [0.1, 0.15) is 46.5 Å². The van der Waals surface area contributed by atoms with Crippen molar-refractivity contribution in [3.05, 3.63) is 18.6 Å². The van der Waals surface area contributed by atoms with Gasteiger partial charge in [-0.3, -0.25) is 4.79 Å². The number of nitrogens with zero attached hydrogens (tertiary/aromatic N) is 4. The topological polar surface area (TPSA) is 49.3 Å². The fourth-order valence-corrected chi connectivity index (χ4v) is 3.28. The highest BCUT2D eigenvalue weighted by molar-refractivity contribution is 5.81. The van der Waals surface area contributed by atoms with Crippen LogP contribution in [0, 0.1) is 5.41 Å². The van der Waals surface area contributed by atoms with Crippen molar-refractivity contribution in [3.8, 4) is 0 Å². The maximum atomic E-state index is 12.4. The predicted molar refractivity (Wildman–Crippen MR) is 86.6 cm³/mol. The Labute approximate surface area is 132 Å². The molecular formula is C17H26N4O. The van der Waals surface area contributed by atoms with Gasteiger partial charge in [-0.05, 0) is 31.7 Å². The number of hydrogen-bond donors (Lipinski definition) is 0. The normalized spacial score (nSPS) is 20.0. The lowest BCUT2D eigenvalue weighted by Crippen LogP contribution is -2.50. The minimum atomic E-state index is -0.282. The molecule has 1 aliphatic carbocycles. The van der Waals surface area contributed by atoms with E-state index in [0.717, 1.165) is 31.7 Å². The molecule has 0 atom stereocenters. The van der Waals surface area contributed by atoms with Crippen LogP contribution in [0.2, 0.25) is 0 Å². The molecule has 2 fully saturated rings. The molecule has 0 radical (unpaired) electrons. The van der Waals surface area contributed by atoms with Gasteiger partial charge >= 0.3 is 0 Å². The standard InChI is InChI=1S/C17H26N4O/c1-17(2,3)16(22)20-10-7-14(8-11-20)21(13-4-5-13)15-6-9-18-12-19-15/h6,9,12-14H,4-5,7-8,10-11H2,1-3H3. The summed E-state index contributed by atoms with van der Waals surface area (Å²) in [6.07, 6.45) is 8.01. The summed E-state index contributed by atoms with van der Waals surface area (Å²) in [6, 6.07) is 3.13. The quantitative estimate of drug-likeness (QED) is 0.860. The molecule has 5 heteroatoms. The average Bonchev–Trinajstić information content (AvgIpc) is 3.32. The van der Waals surface area contributed by atoms with Crippen molar-refractivity contribution in [1.82, 2.24) is 14.9 Å². The summed E-state index contributed by atoms with van der Waals surface area (Å²) < 4.78 is 0. The molecule has 2 heterocycles. The summed E-state index contributed by atoms with van der Waals surface area (Å²) in [5.41, 5.74) is -0.282. The lowest BCUT2D eigenvalue weighted by molar-refractivity contribution is -0.140. The fourth-order valence-electron chi connectivity index (χ4n) is 3.28. The van der Waals surface area contributed by atoms with E-state index in [0.29, 0.717) is 12.1 Å². The molecule has 3 rings (SSSR count). The number of hydrogen-bond acceptors (Lipinski definition) is 4. The van der Waals surface area contributed by atoms with Gasteiger partial charge in [0.15, 0.2) is 0 Å². The van der Waals surface area contributed by atoms with Gasteiger partial charge in [-0.15, -0.1) is 0 Å². The Hall–Kier alpha value is -1.65. The molecule has 0 N–H and O–H groups in total. The molecule has 5 nitrogen and oxygen atoms in total. The second kappa shape index (κ2) is 5.86. The van der Waals surface area contributed by atoms with Crippen molar-refractivity contribution in [1.29, 1.82) is 0 Å². The van der Waals surface area contributed by atoms with Crippen LogP contribution in [0.4, 0.5) is 5.82 Å². The van der Waals surface area contributed by atoms with Crippen molar-refractivity contribution in [2.24, 2.45) is 5.41 Å². The summed E-state index contributed by atoms with van der Waals surface area (Å²) in [5.74, 6) is 1.31. The number of aromatic nitrogens is 2. The Morgan fingerprint density at radius 2 is 1.82 bits per heavy atom. The Kier molecular flexibility index (Phi) is 4.06. The molecular weight excluding hydrogens is 276 g/mol. The highest BCUT2D eigenvalue weighted by atomic mass is 16.2. The van der Waals surface area contributed by atoms with Crippen LogP contribution >= 0.6 is 0 Å². The van der Waals surface area contributed by atoms with Crippen LogP contribution < -0.4 is 4.90 Å². The first-order chi connectivity index (χ1) is 10.5. The summed E-state index contributed by atoms with van der Waals surface area (Å²) in [5, 5.41) is 0. The third-order valence-electron chi connectivity index (χ3n) is 4.56. The Morgan fingerprint density at radius 1 is 1.18 bits per heavy atom. The van der Waals surface area contributed by atoms with E-state index in [9.17, 15) is 4.79 Å². The summed E-state index contributed by atoms with van der Waals surface area (Å²) >= 11 is 0. The lowest BCUT2D eigenvalue weighted by Gasteiger charge is -2.41. The van der Waals surface area contributed by atoms with Crippen LogP contribution in [0.25, 0.3) is 0 Å². The molecule has 2 aliphatic rings. The van der Waals surface area contributed by atoms with Gasteiger partial charge in [-0.25, -0.2) is 9.97 Å². The maximum absolute atomic E-state index is 12.4. The van der Waals surface area contributed by atoms with Crippen molar-refractivity contribution < 1.29 is 4.79 Å².